The number of nitrogens with two attached hydrogens (primary N) is 1. The Kier molecular flexibility index (Phi) is 5.55. The molecule has 0 aliphatic heterocycles. The van der Waals surface area contributed by atoms with Gasteiger partial charge in [-0.2, -0.15) is 0 Å². The minimum atomic E-state index is -2.50. The lowest BCUT2D eigenvalue weighted by Gasteiger charge is -2.12. The van der Waals surface area contributed by atoms with Crippen LogP contribution in [0.2, 0.25) is 0 Å². The first-order chi connectivity index (χ1) is 9.23. The molecule has 3 N–H and O–H groups in total. The van der Waals surface area contributed by atoms with Crippen molar-refractivity contribution in [3.8, 4) is 5.75 Å². The Hall–Kier alpha value is -1.57. The monoisotopic (exact) mass is 307 g/mol. The number of alkyl halides is 2. The highest BCUT2D eigenvalue weighted by atomic mass is 32.1. The molecule has 1 rings (SSSR count). The summed E-state index contributed by atoms with van der Waals surface area (Å²) in [5.74, 6) is -0.0259. The Bertz CT molecular complexity index is 476. The summed E-state index contributed by atoms with van der Waals surface area (Å²) >= 11 is 1.02. The van der Waals surface area contributed by atoms with Crippen molar-refractivity contribution in [2.75, 3.05) is 31.7 Å². The van der Waals surface area contributed by atoms with Gasteiger partial charge in [-0.05, 0) is 13.8 Å². The molecule has 0 saturated heterocycles. The fourth-order valence-corrected chi connectivity index (χ4v) is 2.51. The first-order valence-corrected chi connectivity index (χ1v) is 6.88. The molecule has 0 unspecified atom stereocenters. The van der Waals surface area contributed by atoms with Gasteiger partial charge < -0.3 is 20.7 Å². The maximum absolute atomic E-state index is 12.3. The van der Waals surface area contributed by atoms with Gasteiger partial charge in [0.25, 0.3) is 12.3 Å². The van der Waals surface area contributed by atoms with E-state index in [2.05, 4.69) is 5.32 Å². The van der Waals surface area contributed by atoms with Gasteiger partial charge in [-0.15, -0.1) is 11.3 Å². The number of nitrogens with one attached hydrogen (secondary N) is 1. The average Bonchev–Trinajstić information content (AvgIpc) is 2.63. The molecular formula is C12H19F2N3O2S. The Morgan fingerprint density at radius 3 is 2.50 bits per heavy atom. The molecule has 0 bridgehead atoms. The number of ether oxygens (including phenoxy) is 1. The van der Waals surface area contributed by atoms with Crippen LogP contribution in [0.1, 0.15) is 23.5 Å². The first-order valence-electron chi connectivity index (χ1n) is 6.06. The van der Waals surface area contributed by atoms with Crippen LogP contribution in [-0.4, -0.2) is 44.0 Å². The van der Waals surface area contributed by atoms with Crippen molar-refractivity contribution in [1.29, 1.82) is 0 Å². The minimum Gasteiger partial charge on any atom is -0.486 e. The lowest BCUT2D eigenvalue weighted by Crippen LogP contribution is -2.21. The number of nitrogen functional groups attached to an aromatic ring is 1. The molecule has 0 aliphatic carbocycles. The Morgan fingerprint density at radius 2 is 2.05 bits per heavy atom. The third kappa shape index (κ3) is 3.96. The Morgan fingerprint density at radius 1 is 1.45 bits per heavy atom. The molecule has 114 valence electrons. The van der Waals surface area contributed by atoms with Gasteiger partial charge in [0.15, 0.2) is 5.75 Å². The van der Waals surface area contributed by atoms with Crippen LogP contribution < -0.4 is 15.8 Å². The van der Waals surface area contributed by atoms with Crippen molar-refractivity contribution < 1.29 is 18.3 Å². The number of hydrogen-bond donors (Lipinski definition) is 2. The van der Waals surface area contributed by atoms with E-state index in [1.165, 1.54) is 4.90 Å². The molecule has 20 heavy (non-hydrogen) atoms. The largest absolute Gasteiger partial charge is 0.486 e. The van der Waals surface area contributed by atoms with Crippen LogP contribution in [0.4, 0.5) is 19.5 Å². The molecule has 1 aromatic rings. The second-order valence-electron chi connectivity index (χ2n) is 4.64. The molecule has 0 atom stereocenters. The summed E-state index contributed by atoms with van der Waals surface area (Å²) in [5, 5.41) is 2.91. The predicted octanol–water partition coefficient (Wildman–Crippen LogP) is 2.50. The molecule has 5 nitrogen and oxygen atoms in total. The Balaban J connectivity index is 3.13. The highest BCUT2D eigenvalue weighted by Gasteiger charge is 2.24. The summed E-state index contributed by atoms with van der Waals surface area (Å²) in [6.45, 7) is 3.06. The van der Waals surface area contributed by atoms with E-state index in [1.807, 2.05) is 0 Å². The van der Waals surface area contributed by atoms with E-state index in [4.69, 9.17) is 10.5 Å². The van der Waals surface area contributed by atoms with Crippen molar-refractivity contribution in [3.05, 3.63) is 4.88 Å². The number of carbonyl (C=O) groups excluding carboxylic acids is 1. The molecular weight excluding hydrogens is 288 g/mol. The van der Waals surface area contributed by atoms with E-state index < -0.39 is 13.0 Å². The zero-order valence-electron chi connectivity index (χ0n) is 11.9. The third-order valence-corrected chi connectivity index (χ3v) is 3.40. The average molecular weight is 307 g/mol. The molecule has 0 aromatic carbocycles. The van der Waals surface area contributed by atoms with Gasteiger partial charge in [0, 0.05) is 14.1 Å². The topological polar surface area (TPSA) is 67.6 Å². The molecule has 1 aromatic heterocycles. The number of hydrogen-bond acceptors (Lipinski definition) is 5. The van der Waals surface area contributed by atoms with Crippen LogP contribution in [0, 0.1) is 0 Å². The molecule has 0 spiro atoms. The first kappa shape index (κ1) is 16.5. The number of anilines is 2. The lowest BCUT2D eigenvalue weighted by molar-refractivity contribution is 0.0832. The summed E-state index contributed by atoms with van der Waals surface area (Å²) in [7, 11) is 3.19. The van der Waals surface area contributed by atoms with Crippen LogP contribution in [-0.2, 0) is 0 Å². The van der Waals surface area contributed by atoms with Crippen LogP contribution >= 0.6 is 11.3 Å². The second-order valence-corrected chi connectivity index (χ2v) is 5.66. The summed E-state index contributed by atoms with van der Waals surface area (Å²) in [5.41, 5.74) is 6.09. The quantitative estimate of drug-likeness (QED) is 0.847. The molecule has 0 saturated carbocycles. The number of rotatable bonds is 6. The summed E-state index contributed by atoms with van der Waals surface area (Å²) in [6.07, 6.45) is -2.68. The highest BCUT2D eigenvalue weighted by Crippen LogP contribution is 2.43. The number of thiophene rings is 1. The minimum absolute atomic E-state index is 0.179. The van der Waals surface area contributed by atoms with Crippen LogP contribution in [0.25, 0.3) is 0 Å². The van der Waals surface area contributed by atoms with Crippen molar-refractivity contribution >= 4 is 27.9 Å². The van der Waals surface area contributed by atoms with Gasteiger partial charge in [-0.1, -0.05) is 0 Å². The molecule has 0 aliphatic rings. The third-order valence-electron chi connectivity index (χ3n) is 2.27. The van der Waals surface area contributed by atoms with Gasteiger partial charge in [0.1, 0.15) is 15.6 Å². The molecule has 0 fully saturated rings. The van der Waals surface area contributed by atoms with E-state index in [1.54, 1.807) is 27.9 Å². The van der Waals surface area contributed by atoms with E-state index in [-0.39, 0.29) is 28.3 Å². The van der Waals surface area contributed by atoms with E-state index in [0.717, 1.165) is 11.3 Å². The van der Waals surface area contributed by atoms with Crippen LogP contribution in [0.5, 0.6) is 5.75 Å². The lowest BCUT2D eigenvalue weighted by atomic mass is 10.3. The van der Waals surface area contributed by atoms with E-state index in [9.17, 15) is 13.6 Å². The maximum atomic E-state index is 12.3. The van der Waals surface area contributed by atoms with Gasteiger partial charge in [0.2, 0.25) is 0 Å². The summed E-state index contributed by atoms with van der Waals surface area (Å²) in [4.78, 5) is 13.6. The van der Waals surface area contributed by atoms with E-state index >= 15 is 0 Å². The van der Waals surface area contributed by atoms with E-state index in [0.29, 0.717) is 5.00 Å². The summed E-state index contributed by atoms with van der Waals surface area (Å²) in [6, 6.07) is 0. The standard InChI is InChI=1S/C12H19F2N3O2S/c1-6(2)19-9-8(15)10(12(18)17(3)4)20-11(9)16-5-7(13)14/h6-7,16H,5,15H2,1-4H3. The second kappa shape index (κ2) is 6.74. The zero-order chi connectivity index (χ0) is 15.4. The van der Waals surface area contributed by atoms with Gasteiger partial charge in [-0.25, -0.2) is 8.78 Å². The highest BCUT2D eigenvalue weighted by molar-refractivity contribution is 7.19. The zero-order valence-corrected chi connectivity index (χ0v) is 12.7. The van der Waals surface area contributed by atoms with Crippen molar-refractivity contribution in [2.24, 2.45) is 0 Å². The number of carbonyl (C=O) groups is 1. The molecule has 0 radical (unpaired) electrons. The Labute approximate surface area is 120 Å². The smallest absolute Gasteiger partial charge is 0.265 e. The maximum Gasteiger partial charge on any atom is 0.265 e. The van der Waals surface area contributed by atoms with Crippen molar-refractivity contribution in [3.63, 3.8) is 0 Å². The SMILES string of the molecule is CC(C)Oc1c(NCC(F)F)sc(C(=O)N(C)C)c1N. The predicted molar refractivity (Wildman–Crippen MR) is 77.0 cm³/mol. The van der Waals surface area contributed by atoms with Crippen LogP contribution in [0.3, 0.4) is 0 Å². The fraction of sp³-hybridized carbons (Fsp3) is 0.583. The van der Waals surface area contributed by atoms with Gasteiger partial charge >= 0.3 is 0 Å². The van der Waals surface area contributed by atoms with Crippen LogP contribution in [0.15, 0.2) is 0 Å². The number of halogens is 2. The normalized spacial score (nSPS) is 11.0. The van der Waals surface area contributed by atoms with Gasteiger partial charge in [0.05, 0.1) is 12.6 Å². The molecule has 8 heteroatoms. The fourth-order valence-electron chi connectivity index (χ4n) is 1.43. The molecule has 1 amide bonds. The van der Waals surface area contributed by atoms with Crippen molar-refractivity contribution in [1.82, 2.24) is 4.90 Å². The van der Waals surface area contributed by atoms with Crippen molar-refractivity contribution in [2.45, 2.75) is 26.4 Å². The molecule has 1 heterocycles. The summed E-state index contributed by atoms with van der Waals surface area (Å²) < 4.78 is 30.1. The number of nitrogens with zero attached hydrogens (tertiary/aromatic N) is 1. The van der Waals surface area contributed by atoms with Gasteiger partial charge in [-0.3, -0.25) is 4.79 Å². The number of amides is 1.